The van der Waals surface area contributed by atoms with Gasteiger partial charge in [-0.1, -0.05) is 6.92 Å². The quantitative estimate of drug-likeness (QED) is 0.763. The normalized spacial score (nSPS) is 12.9. The zero-order chi connectivity index (χ0) is 12.8. The van der Waals surface area contributed by atoms with Gasteiger partial charge in [0.25, 0.3) is 0 Å². The predicted molar refractivity (Wildman–Crippen MR) is 65.9 cm³/mol. The molecule has 5 heteroatoms. The lowest BCUT2D eigenvalue weighted by molar-refractivity contribution is -0.137. The Morgan fingerprint density at radius 1 is 1.59 bits per heavy atom. The van der Waals surface area contributed by atoms with Gasteiger partial charge in [0, 0.05) is 12.2 Å². The van der Waals surface area contributed by atoms with Crippen molar-refractivity contribution in [1.29, 1.82) is 0 Å². The van der Waals surface area contributed by atoms with Gasteiger partial charge in [-0.15, -0.1) is 0 Å². The van der Waals surface area contributed by atoms with Crippen LogP contribution in [0.5, 0.6) is 0 Å². The average molecular weight is 239 g/mol. The van der Waals surface area contributed by atoms with Gasteiger partial charge in [-0.3, -0.25) is 4.79 Å². The molecule has 0 bridgehead atoms. The molecule has 96 valence electrons. The molecule has 1 heterocycles. The van der Waals surface area contributed by atoms with E-state index in [0.29, 0.717) is 0 Å². The lowest BCUT2D eigenvalue weighted by Crippen LogP contribution is -2.27. The van der Waals surface area contributed by atoms with Gasteiger partial charge in [0.05, 0.1) is 24.5 Å². The third-order valence-corrected chi connectivity index (χ3v) is 2.63. The van der Waals surface area contributed by atoms with Crippen molar-refractivity contribution in [1.82, 2.24) is 14.9 Å². The van der Waals surface area contributed by atoms with Gasteiger partial charge in [-0.25, -0.2) is 4.98 Å². The molecule has 0 aliphatic rings. The molecule has 0 aliphatic carbocycles. The summed E-state index contributed by atoms with van der Waals surface area (Å²) in [5, 5.41) is 12.2. The van der Waals surface area contributed by atoms with E-state index >= 15 is 0 Å². The third-order valence-electron chi connectivity index (χ3n) is 2.63. The molecule has 2 N–H and O–H groups in total. The van der Waals surface area contributed by atoms with Crippen LogP contribution >= 0.6 is 0 Å². The summed E-state index contributed by atoms with van der Waals surface area (Å²) >= 11 is 0. The molecule has 0 spiro atoms. The molecule has 1 unspecified atom stereocenters. The van der Waals surface area contributed by atoms with Crippen LogP contribution in [0.4, 0.5) is 0 Å². The van der Waals surface area contributed by atoms with Crippen molar-refractivity contribution in [3.05, 3.63) is 18.2 Å². The van der Waals surface area contributed by atoms with Gasteiger partial charge in [-0.2, -0.15) is 0 Å². The van der Waals surface area contributed by atoms with Crippen LogP contribution in [0.1, 0.15) is 51.4 Å². The lowest BCUT2D eigenvalue weighted by Gasteiger charge is -2.20. The number of hydrogen-bond acceptors (Lipinski definition) is 3. The first-order chi connectivity index (χ1) is 8.06. The molecular formula is C12H21N3O2. The van der Waals surface area contributed by atoms with Crippen molar-refractivity contribution in [3.8, 4) is 0 Å². The van der Waals surface area contributed by atoms with Crippen LogP contribution in [-0.2, 0) is 4.79 Å². The lowest BCUT2D eigenvalue weighted by atomic mass is 10.1. The van der Waals surface area contributed by atoms with E-state index in [2.05, 4.69) is 31.1 Å². The van der Waals surface area contributed by atoms with Crippen LogP contribution in [0.2, 0.25) is 0 Å². The van der Waals surface area contributed by atoms with Crippen molar-refractivity contribution in [2.45, 2.75) is 45.7 Å². The van der Waals surface area contributed by atoms with Crippen molar-refractivity contribution < 1.29 is 9.90 Å². The molecule has 0 aliphatic heterocycles. The highest BCUT2D eigenvalue weighted by atomic mass is 16.4. The van der Waals surface area contributed by atoms with Crippen molar-refractivity contribution in [3.63, 3.8) is 0 Å². The van der Waals surface area contributed by atoms with Gasteiger partial charge in [0.1, 0.15) is 0 Å². The summed E-state index contributed by atoms with van der Waals surface area (Å²) in [6.45, 7) is 6.98. The Balaban J connectivity index is 2.86. The second-order valence-corrected chi connectivity index (χ2v) is 4.42. The number of hydrogen-bond donors (Lipinski definition) is 2. The van der Waals surface area contributed by atoms with E-state index in [0.717, 1.165) is 18.7 Å². The van der Waals surface area contributed by atoms with Crippen molar-refractivity contribution in [2.75, 3.05) is 6.54 Å². The molecule has 0 amide bonds. The summed E-state index contributed by atoms with van der Waals surface area (Å²) in [5.74, 6) is -0.796. The Kier molecular flexibility index (Phi) is 5.15. The van der Waals surface area contributed by atoms with Crippen molar-refractivity contribution >= 4 is 5.97 Å². The predicted octanol–water partition coefficient (Wildman–Crippen LogP) is 1.98. The molecule has 1 atom stereocenters. The Morgan fingerprint density at radius 3 is 2.82 bits per heavy atom. The number of carboxylic acid groups (broad SMARTS) is 1. The molecular weight excluding hydrogens is 218 g/mol. The van der Waals surface area contributed by atoms with E-state index in [9.17, 15) is 4.79 Å². The SMILES string of the molecule is CCCNC(CC(=O)O)c1cncn1C(C)C. The topological polar surface area (TPSA) is 67.2 Å². The van der Waals surface area contributed by atoms with Crippen LogP contribution in [0.15, 0.2) is 12.5 Å². The van der Waals surface area contributed by atoms with Gasteiger partial charge in [-0.05, 0) is 26.8 Å². The molecule has 1 rings (SSSR count). The van der Waals surface area contributed by atoms with Crippen LogP contribution in [0, 0.1) is 0 Å². The van der Waals surface area contributed by atoms with Crippen LogP contribution in [-0.4, -0.2) is 27.2 Å². The number of rotatable bonds is 7. The molecule has 0 radical (unpaired) electrons. The van der Waals surface area contributed by atoms with E-state index < -0.39 is 5.97 Å². The first kappa shape index (κ1) is 13.7. The number of carboxylic acids is 1. The Labute approximate surface area is 102 Å². The van der Waals surface area contributed by atoms with Gasteiger partial charge in [0.2, 0.25) is 0 Å². The second-order valence-electron chi connectivity index (χ2n) is 4.42. The maximum Gasteiger partial charge on any atom is 0.305 e. The highest BCUT2D eigenvalue weighted by molar-refractivity contribution is 5.67. The number of nitrogens with zero attached hydrogens (tertiary/aromatic N) is 2. The Bertz CT molecular complexity index is 360. The molecule has 1 aromatic heterocycles. The van der Waals surface area contributed by atoms with E-state index in [1.165, 1.54) is 0 Å². The minimum absolute atomic E-state index is 0.0818. The van der Waals surface area contributed by atoms with Gasteiger partial charge < -0.3 is 15.0 Å². The molecule has 0 saturated heterocycles. The minimum Gasteiger partial charge on any atom is -0.481 e. The largest absolute Gasteiger partial charge is 0.481 e. The average Bonchev–Trinajstić information content (AvgIpc) is 2.72. The number of carbonyl (C=O) groups is 1. The Hall–Kier alpha value is -1.36. The van der Waals surface area contributed by atoms with E-state index in [1.54, 1.807) is 12.5 Å². The highest BCUT2D eigenvalue weighted by Gasteiger charge is 2.19. The van der Waals surface area contributed by atoms with E-state index in [1.807, 2.05) is 4.57 Å². The Morgan fingerprint density at radius 2 is 2.29 bits per heavy atom. The first-order valence-corrected chi connectivity index (χ1v) is 6.03. The smallest absolute Gasteiger partial charge is 0.305 e. The number of nitrogens with one attached hydrogen (secondary N) is 1. The zero-order valence-electron chi connectivity index (χ0n) is 10.7. The van der Waals surface area contributed by atoms with E-state index in [-0.39, 0.29) is 18.5 Å². The third kappa shape index (κ3) is 3.85. The van der Waals surface area contributed by atoms with Crippen molar-refractivity contribution in [2.24, 2.45) is 0 Å². The van der Waals surface area contributed by atoms with Crippen LogP contribution in [0.25, 0.3) is 0 Å². The summed E-state index contributed by atoms with van der Waals surface area (Å²) in [6.07, 6.45) is 4.56. The number of imidazole rings is 1. The fourth-order valence-electron chi connectivity index (χ4n) is 1.79. The summed E-state index contributed by atoms with van der Waals surface area (Å²) in [7, 11) is 0. The summed E-state index contributed by atoms with van der Waals surface area (Å²) in [4.78, 5) is 15.0. The molecule has 0 fully saturated rings. The maximum atomic E-state index is 10.9. The molecule has 0 saturated carbocycles. The standard InChI is InChI=1S/C12H21N3O2/c1-4-5-14-10(6-12(16)17)11-7-13-8-15(11)9(2)3/h7-10,14H,4-6H2,1-3H3,(H,16,17). The summed E-state index contributed by atoms with van der Waals surface area (Å²) in [5.41, 5.74) is 0.941. The second kappa shape index (κ2) is 6.39. The van der Waals surface area contributed by atoms with E-state index in [4.69, 9.17) is 5.11 Å². The maximum absolute atomic E-state index is 10.9. The fourth-order valence-corrected chi connectivity index (χ4v) is 1.79. The summed E-state index contributed by atoms with van der Waals surface area (Å²) < 4.78 is 2.01. The van der Waals surface area contributed by atoms with Gasteiger partial charge >= 0.3 is 5.97 Å². The van der Waals surface area contributed by atoms with Crippen LogP contribution in [0.3, 0.4) is 0 Å². The minimum atomic E-state index is -0.796. The zero-order valence-corrected chi connectivity index (χ0v) is 10.7. The highest BCUT2D eigenvalue weighted by Crippen LogP contribution is 2.20. The molecule has 1 aromatic rings. The fraction of sp³-hybridized carbons (Fsp3) is 0.667. The van der Waals surface area contributed by atoms with Gasteiger partial charge in [0.15, 0.2) is 0 Å². The number of aromatic nitrogens is 2. The number of aliphatic carboxylic acids is 1. The summed E-state index contributed by atoms with van der Waals surface area (Å²) in [6, 6.07) is 0.115. The molecule has 0 aromatic carbocycles. The molecule has 5 nitrogen and oxygen atoms in total. The molecule has 17 heavy (non-hydrogen) atoms. The van der Waals surface area contributed by atoms with Crippen LogP contribution < -0.4 is 5.32 Å². The first-order valence-electron chi connectivity index (χ1n) is 6.03. The monoisotopic (exact) mass is 239 g/mol.